The molecule has 2 N–H and O–H groups in total. The minimum absolute atomic E-state index is 0.269. The standard InChI is InChI=1S/C17H19N5S/c1-4-22-15(10-20)21-16(11(2)3)17(22)23-14-6-12(8-18)5-13(7-14)9-19/h5-7,11H,4,10,20H2,1-3H3. The molecule has 2 aromatic rings. The van der Waals surface area contributed by atoms with Crippen LogP contribution in [0.2, 0.25) is 0 Å². The van der Waals surface area contributed by atoms with Crippen LogP contribution >= 0.6 is 11.8 Å². The summed E-state index contributed by atoms with van der Waals surface area (Å²) in [5.41, 5.74) is 7.78. The molecule has 0 bridgehead atoms. The molecule has 5 nitrogen and oxygen atoms in total. The van der Waals surface area contributed by atoms with Gasteiger partial charge in [0.1, 0.15) is 10.9 Å². The summed E-state index contributed by atoms with van der Waals surface area (Å²) in [4.78, 5) is 5.53. The molecule has 0 aliphatic heterocycles. The first kappa shape index (κ1) is 17.1. The summed E-state index contributed by atoms with van der Waals surface area (Å²) in [6.45, 7) is 7.41. The van der Waals surface area contributed by atoms with Gasteiger partial charge in [-0.05, 0) is 31.0 Å². The lowest BCUT2D eigenvalue weighted by Crippen LogP contribution is -2.07. The fraction of sp³-hybridized carbons (Fsp3) is 0.353. The van der Waals surface area contributed by atoms with Gasteiger partial charge >= 0.3 is 0 Å². The van der Waals surface area contributed by atoms with E-state index in [-0.39, 0.29) is 5.92 Å². The summed E-state index contributed by atoms with van der Waals surface area (Å²) >= 11 is 1.53. The van der Waals surface area contributed by atoms with Crippen molar-refractivity contribution in [2.24, 2.45) is 5.73 Å². The summed E-state index contributed by atoms with van der Waals surface area (Å²) in [5.74, 6) is 1.13. The molecule has 1 aromatic heterocycles. The van der Waals surface area contributed by atoms with Crippen molar-refractivity contribution in [3.63, 3.8) is 0 Å². The third-order valence-corrected chi connectivity index (χ3v) is 4.54. The Morgan fingerprint density at radius 1 is 1.22 bits per heavy atom. The average Bonchev–Trinajstić information content (AvgIpc) is 2.91. The van der Waals surface area contributed by atoms with E-state index in [2.05, 4.69) is 42.5 Å². The van der Waals surface area contributed by atoms with E-state index in [1.54, 1.807) is 18.2 Å². The van der Waals surface area contributed by atoms with Crippen LogP contribution in [0.1, 0.15) is 49.3 Å². The highest BCUT2D eigenvalue weighted by Gasteiger charge is 2.19. The van der Waals surface area contributed by atoms with Crippen molar-refractivity contribution in [3.05, 3.63) is 40.8 Å². The Morgan fingerprint density at radius 3 is 2.26 bits per heavy atom. The van der Waals surface area contributed by atoms with Crippen LogP contribution in [-0.4, -0.2) is 9.55 Å². The molecule has 23 heavy (non-hydrogen) atoms. The fourth-order valence-electron chi connectivity index (χ4n) is 2.37. The molecule has 2 rings (SSSR count). The van der Waals surface area contributed by atoms with Gasteiger partial charge in [0, 0.05) is 11.4 Å². The minimum atomic E-state index is 0.269. The van der Waals surface area contributed by atoms with Crippen molar-refractivity contribution in [2.45, 2.75) is 49.7 Å². The highest BCUT2D eigenvalue weighted by molar-refractivity contribution is 7.99. The first-order valence-electron chi connectivity index (χ1n) is 7.46. The second-order valence-corrected chi connectivity index (χ2v) is 6.46. The molecule has 118 valence electrons. The maximum atomic E-state index is 9.13. The van der Waals surface area contributed by atoms with Gasteiger partial charge in [-0.2, -0.15) is 10.5 Å². The van der Waals surface area contributed by atoms with Gasteiger partial charge in [0.05, 0.1) is 35.5 Å². The SMILES string of the molecule is CCn1c(CN)nc(C(C)C)c1Sc1cc(C#N)cc(C#N)c1. The van der Waals surface area contributed by atoms with Crippen molar-refractivity contribution in [2.75, 3.05) is 0 Å². The van der Waals surface area contributed by atoms with Crippen LogP contribution in [0.4, 0.5) is 0 Å². The summed E-state index contributed by atoms with van der Waals surface area (Å²) < 4.78 is 2.10. The van der Waals surface area contributed by atoms with Crippen LogP contribution in [0, 0.1) is 22.7 Å². The molecule has 6 heteroatoms. The number of hydrogen-bond donors (Lipinski definition) is 1. The molecule has 1 heterocycles. The van der Waals surface area contributed by atoms with Gasteiger partial charge < -0.3 is 10.3 Å². The number of imidazole rings is 1. The Kier molecular flexibility index (Phi) is 5.44. The summed E-state index contributed by atoms with van der Waals surface area (Å²) in [7, 11) is 0. The molecule has 0 saturated carbocycles. The van der Waals surface area contributed by atoms with Crippen LogP contribution in [0.5, 0.6) is 0 Å². The quantitative estimate of drug-likeness (QED) is 0.910. The molecule has 0 aliphatic carbocycles. The number of rotatable bonds is 5. The molecule has 0 fully saturated rings. The van der Waals surface area contributed by atoms with E-state index >= 15 is 0 Å². The summed E-state index contributed by atoms with van der Waals surface area (Å²) in [6.07, 6.45) is 0. The van der Waals surface area contributed by atoms with Gasteiger partial charge in [-0.15, -0.1) is 0 Å². The third kappa shape index (κ3) is 3.56. The number of nitrogens with two attached hydrogens (primary N) is 1. The first-order chi connectivity index (χ1) is 11.0. The van der Waals surface area contributed by atoms with Crippen LogP contribution in [0.3, 0.4) is 0 Å². The van der Waals surface area contributed by atoms with Gasteiger partial charge in [-0.1, -0.05) is 25.6 Å². The number of aromatic nitrogens is 2. The fourth-order valence-corrected chi connectivity index (χ4v) is 3.69. The van der Waals surface area contributed by atoms with Crippen molar-refractivity contribution < 1.29 is 0 Å². The van der Waals surface area contributed by atoms with Crippen molar-refractivity contribution in [1.29, 1.82) is 10.5 Å². The predicted molar refractivity (Wildman–Crippen MR) is 89.9 cm³/mol. The smallest absolute Gasteiger partial charge is 0.123 e. The number of nitrogens with zero attached hydrogens (tertiary/aromatic N) is 4. The highest BCUT2D eigenvalue weighted by atomic mass is 32.2. The lowest BCUT2D eigenvalue weighted by molar-refractivity contribution is 0.645. The molecular weight excluding hydrogens is 306 g/mol. The highest BCUT2D eigenvalue weighted by Crippen LogP contribution is 2.35. The molecular formula is C17H19N5S. The van der Waals surface area contributed by atoms with E-state index in [1.165, 1.54) is 11.8 Å². The third-order valence-electron chi connectivity index (χ3n) is 3.45. The van der Waals surface area contributed by atoms with Crippen LogP contribution < -0.4 is 5.73 Å². The predicted octanol–water partition coefficient (Wildman–Crippen LogP) is 3.38. The lowest BCUT2D eigenvalue weighted by Gasteiger charge is -2.11. The summed E-state index contributed by atoms with van der Waals surface area (Å²) in [5, 5.41) is 19.3. The van der Waals surface area contributed by atoms with E-state index in [0.717, 1.165) is 28.0 Å². The van der Waals surface area contributed by atoms with Gasteiger partial charge in [0.25, 0.3) is 0 Å². The Labute approximate surface area is 140 Å². The first-order valence-corrected chi connectivity index (χ1v) is 8.28. The lowest BCUT2D eigenvalue weighted by atomic mass is 10.1. The van der Waals surface area contributed by atoms with Crippen LogP contribution in [-0.2, 0) is 13.1 Å². The van der Waals surface area contributed by atoms with Gasteiger partial charge in [-0.25, -0.2) is 4.98 Å². The molecule has 0 unspecified atom stereocenters. The number of benzene rings is 1. The maximum absolute atomic E-state index is 9.13. The maximum Gasteiger partial charge on any atom is 0.123 e. The van der Waals surface area contributed by atoms with Crippen LogP contribution in [0.15, 0.2) is 28.1 Å². The Balaban J connectivity index is 2.54. The van der Waals surface area contributed by atoms with E-state index in [0.29, 0.717) is 17.7 Å². The number of hydrogen-bond acceptors (Lipinski definition) is 5. The van der Waals surface area contributed by atoms with E-state index in [9.17, 15) is 0 Å². The van der Waals surface area contributed by atoms with E-state index in [1.807, 2.05) is 0 Å². The Morgan fingerprint density at radius 2 is 1.83 bits per heavy atom. The van der Waals surface area contributed by atoms with Gasteiger partial charge in [0.2, 0.25) is 0 Å². The molecule has 0 spiro atoms. The largest absolute Gasteiger partial charge is 0.324 e. The van der Waals surface area contributed by atoms with E-state index < -0.39 is 0 Å². The Bertz CT molecular complexity index is 760. The minimum Gasteiger partial charge on any atom is -0.324 e. The van der Waals surface area contributed by atoms with E-state index in [4.69, 9.17) is 16.3 Å². The van der Waals surface area contributed by atoms with Crippen molar-refractivity contribution in [3.8, 4) is 12.1 Å². The number of nitriles is 2. The second-order valence-electron chi connectivity index (χ2n) is 5.39. The zero-order valence-electron chi connectivity index (χ0n) is 13.5. The molecule has 0 saturated heterocycles. The van der Waals surface area contributed by atoms with Gasteiger partial charge in [-0.3, -0.25) is 0 Å². The zero-order valence-corrected chi connectivity index (χ0v) is 14.3. The topological polar surface area (TPSA) is 91.4 Å². The Hall–Kier alpha value is -2.28. The molecule has 1 aromatic carbocycles. The summed E-state index contributed by atoms with van der Waals surface area (Å²) in [6, 6.07) is 9.39. The molecule has 0 atom stereocenters. The second kappa shape index (κ2) is 7.32. The van der Waals surface area contributed by atoms with Gasteiger partial charge in [0.15, 0.2) is 0 Å². The normalized spacial score (nSPS) is 10.6. The van der Waals surface area contributed by atoms with Crippen molar-refractivity contribution >= 4 is 11.8 Å². The molecule has 0 radical (unpaired) electrons. The monoisotopic (exact) mass is 325 g/mol. The van der Waals surface area contributed by atoms with Crippen molar-refractivity contribution in [1.82, 2.24) is 9.55 Å². The average molecular weight is 325 g/mol. The molecule has 0 aliphatic rings. The van der Waals surface area contributed by atoms with Crippen LogP contribution in [0.25, 0.3) is 0 Å². The molecule has 0 amide bonds. The zero-order chi connectivity index (χ0) is 17.0.